The molecule has 0 aliphatic heterocycles. The predicted octanol–water partition coefficient (Wildman–Crippen LogP) is 4.56. The van der Waals surface area contributed by atoms with Crippen molar-refractivity contribution in [3.8, 4) is 11.5 Å². The number of carbonyl (C=O) groups is 1. The van der Waals surface area contributed by atoms with Crippen molar-refractivity contribution in [3.63, 3.8) is 0 Å². The molecule has 0 fully saturated rings. The highest BCUT2D eigenvalue weighted by atomic mass is 35.5. The number of hydrogen-bond donors (Lipinski definition) is 1. The summed E-state index contributed by atoms with van der Waals surface area (Å²) in [6.45, 7) is 3.99. The quantitative estimate of drug-likeness (QED) is 0.769. The Labute approximate surface area is 153 Å². The van der Waals surface area contributed by atoms with Crippen molar-refractivity contribution in [2.24, 2.45) is 0 Å². The van der Waals surface area contributed by atoms with E-state index in [0.29, 0.717) is 16.5 Å². The van der Waals surface area contributed by atoms with Gasteiger partial charge in [0, 0.05) is 6.08 Å². The Bertz CT molecular complexity index is 787. The highest BCUT2D eigenvalue weighted by Gasteiger charge is 2.11. The minimum absolute atomic E-state index is 0.0765. The van der Waals surface area contributed by atoms with Crippen LogP contribution in [0.25, 0.3) is 6.08 Å². The molecule has 1 amide bonds. The average molecular weight is 360 g/mol. The van der Waals surface area contributed by atoms with Crippen LogP contribution in [0.5, 0.6) is 11.5 Å². The van der Waals surface area contributed by atoms with Gasteiger partial charge in [-0.3, -0.25) is 4.79 Å². The fraction of sp³-hybridized carbons (Fsp3) is 0.250. The molecular formula is C20H22ClNO3. The normalized spacial score (nSPS) is 12.0. The van der Waals surface area contributed by atoms with E-state index >= 15 is 0 Å². The van der Waals surface area contributed by atoms with E-state index in [-0.39, 0.29) is 11.9 Å². The molecule has 2 aromatic rings. The lowest BCUT2D eigenvalue weighted by atomic mass is 10.0. The Morgan fingerprint density at radius 2 is 1.92 bits per heavy atom. The molecule has 5 heteroatoms. The van der Waals surface area contributed by atoms with Crippen molar-refractivity contribution in [1.29, 1.82) is 0 Å². The molecule has 0 aromatic heterocycles. The van der Waals surface area contributed by atoms with Crippen LogP contribution in [-0.2, 0) is 4.79 Å². The maximum atomic E-state index is 12.2. The minimum Gasteiger partial charge on any atom is -0.493 e. The zero-order chi connectivity index (χ0) is 18.4. The summed E-state index contributed by atoms with van der Waals surface area (Å²) in [6.07, 6.45) is 3.17. The third kappa shape index (κ3) is 4.77. The summed E-state index contributed by atoms with van der Waals surface area (Å²) >= 11 is 6.17. The number of nitrogens with one attached hydrogen (secondary N) is 1. The van der Waals surface area contributed by atoms with E-state index in [1.54, 1.807) is 18.2 Å². The van der Waals surface area contributed by atoms with Crippen molar-refractivity contribution in [3.05, 3.63) is 64.2 Å². The van der Waals surface area contributed by atoms with Gasteiger partial charge >= 0.3 is 0 Å². The van der Waals surface area contributed by atoms with Crippen LogP contribution in [0.4, 0.5) is 0 Å². The van der Waals surface area contributed by atoms with Crippen LogP contribution in [-0.4, -0.2) is 20.1 Å². The van der Waals surface area contributed by atoms with Crippen molar-refractivity contribution in [2.75, 3.05) is 14.2 Å². The molecule has 0 aliphatic rings. The summed E-state index contributed by atoms with van der Waals surface area (Å²) in [6, 6.07) is 11.4. The molecule has 2 rings (SSSR count). The number of methoxy groups -OCH3 is 2. The fourth-order valence-corrected chi connectivity index (χ4v) is 2.91. The van der Waals surface area contributed by atoms with E-state index in [0.717, 1.165) is 16.7 Å². The van der Waals surface area contributed by atoms with Crippen molar-refractivity contribution in [2.45, 2.75) is 19.9 Å². The van der Waals surface area contributed by atoms with Gasteiger partial charge in [0.25, 0.3) is 0 Å². The van der Waals surface area contributed by atoms with Crippen molar-refractivity contribution in [1.82, 2.24) is 5.32 Å². The lowest BCUT2D eigenvalue weighted by Gasteiger charge is -2.15. The van der Waals surface area contributed by atoms with Crippen LogP contribution in [0.1, 0.15) is 29.7 Å². The zero-order valence-electron chi connectivity index (χ0n) is 14.8. The molecule has 0 saturated heterocycles. The number of halogens is 1. The second-order valence-corrected chi connectivity index (χ2v) is 6.07. The first-order chi connectivity index (χ1) is 12.0. The average Bonchev–Trinajstić information content (AvgIpc) is 2.59. The number of ether oxygens (including phenoxy) is 2. The van der Waals surface area contributed by atoms with Gasteiger partial charge in [0.1, 0.15) is 0 Å². The summed E-state index contributed by atoms with van der Waals surface area (Å²) < 4.78 is 10.5. The van der Waals surface area contributed by atoms with Gasteiger partial charge in [-0.2, -0.15) is 0 Å². The van der Waals surface area contributed by atoms with Crippen LogP contribution in [0, 0.1) is 6.92 Å². The molecule has 0 spiro atoms. The molecule has 1 unspecified atom stereocenters. The monoisotopic (exact) mass is 359 g/mol. The van der Waals surface area contributed by atoms with E-state index in [1.807, 2.05) is 38.1 Å². The van der Waals surface area contributed by atoms with Gasteiger partial charge in [-0.25, -0.2) is 0 Å². The Kier molecular flexibility index (Phi) is 6.48. The highest BCUT2D eigenvalue weighted by molar-refractivity contribution is 6.32. The highest BCUT2D eigenvalue weighted by Crippen LogP contribution is 2.36. The lowest BCUT2D eigenvalue weighted by molar-refractivity contribution is -0.117. The van der Waals surface area contributed by atoms with E-state index < -0.39 is 0 Å². The Balaban J connectivity index is 2.10. The van der Waals surface area contributed by atoms with E-state index in [2.05, 4.69) is 5.32 Å². The molecule has 0 bridgehead atoms. The largest absolute Gasteiger partial charge is 0.493 e. The summed E-state index contributed by atoms with van der Waals surface area (Å²) in [5.74, 6) is 0.809. The molecule has 1 N–H and O–H groups in total. The first-order valence-electron chi connectivity index (χ1n) is 7.92. The molecule has 0 heterocycles. The number of hydrogen-bond acceptors (Lipinski definition) is 3. The number of rotatable bonds is 6. The predicted molar refractivity (Wildman–Crippen MR) is 101 cm³/mol. The summed E-state index contributed by atoms with van der Waals surface area (Å²) in [7, 11) is 3.07. The van der Waals surface area contributed by atoms with E-state index in [9.17, 15) is 4.79 Å². The molecule has 1 atom stereocenters. The van der Waals surface area contributed by atoms with E-state index in [1.165, 1.54) is 20.3 Å². The van der Waals surface area contributed by atoms with Gasteiger partial charge in [0.15, 0.2) is 11.5 Å². The van der Waals surface area contributed by atoms with Gasteiger partial charge in [-0.15, -0.1) is 0 Å². The van der Waals surface area contributed by atoms with Gasteiger partial charge in [0.05, 0.1) is 25.3 Å². The maximum absolute atomic E-state index is 12.2. The van der Waals surface area contributed by atoms with Gasteiger partial charge in [-0.05, 0) is 48.7 Å². The number of benzene rings is 2. The third-order valence-electron chi connectivity index (χ3n) is 3.90. The minimum atomic E-state index is -0.179. The molecule has 25 heavy (non-hydrogen) atoms. The number of carbonyl (C=O) groups excluding carboxylic acids is 1. The standard InChI is InChI=1S/C20H22ClNO3/c1-13-7-5-6-8-16(13)14(2)22-19(23)10-9-15-11-17(21)20(25-4)18(12-15)24-3/h5-12,14H,1-4H3,(H,22,23)/b10-9+. The summed E-state index contributed by atoms with van der Waals surface area (Å²) in [5.41, 5.74) is 2.99. The number of amides is 1. The summed E-state index contributed by atoms with van der Waals surface area (Å²) in [4.78, 5) is 12.2. The Morgan fingerprint density at radius 1 is 1.20 bits per heavy atom. The van der Waals surface area contributed by atoms with Crippen LogP contribution in [0.15, 0.2) is 42.5 Å². The second-order valence-electron chi connectivity index (χ2n) is 5.66. The second kappa shape index (κ2) is 8.58. The maximum Gasteiger partial charge on any atom is 0.244 e. The van der Waals surface area contributed by atoms with Crippen molar-refractivity contribution < 1.29 is 14.3 Å². The van der Waals surface area contributed by atoms with E-state index in [4.69, 9.17) is 21.1 Å². The number of aryl methyl sites for hydroxylation is 1. The Morgan fingerprint density at radius 3 is 2.56 bits per heavy atom. The van der Waals surface area contributed by atoms with Crippen LogP contribution >= 0.6 is 11.6 Å². The Hall–Kier alpha value is -2.46. The molecule has 4 nitrogen and oxygen atoms in total. The van der Waals surface area contributed by atoms with Gasteiger partial charge in [0.2, 0.25) is 5.91 Å². The topological polar surface area (TPSA) is 47.6 Å². The molecule has 132 valence electrons. The van der Waals surface area contributed by atoms with Gasteiger partial charge in [-0.1, -0.05) is 35.9 Å². The van der Waals surface area contributed by atoms with Crippen LogP contribution in [0.3, 0.4) is 0 Å². The molecular weight excluding hydrogens is 338 g/mol. The third-order valence-corrected chi connectivity index (χ3v) is 4.18. The molecule has 0 aliphatic carbocycles. The zero-order valence-corrected chi connectivity index (χ0v) is 15.6. The molecule has 0 radical (unpaired) electrons. The smallest absolute Gasteiger partial charge is 0.244 e. The first kappa shape index (κ1) is 18.9. The van der Waals surface area contributed by atoms with Crippen LogP contribution < -0.4 is 14.8 Å². The SMILES string of the molecule is COc1cc(/C=C/C(=O)NC(C)c2ccccc2C)cc(Cl)c1OC. The summed E-state index contributed by atoms with van der Waals surface area (Å²) in [5, 5.41) is 3.38. The lowest BCUT2D eigenvalue weighted by Crippen LogP contribution is -2.25. The molecule has 0 saturated carbocycles. The van der Waals surface area contributed by atoms with Crippen molar-refractivity contribution >= 4 is 23.6 Å². The van der Waals surface area contributed by atoms with Crippen LogP contribution in [0.2, 0.25) is 5.02 Å². The fourth-order valence-electron chi connectivity index (χ4n) is 2.62. The van der Waals surface area contributed by atoms with Gasteiger partial charge < -0.3 is 14.8 Å². The first-order valence-corrected chi connectivity index (χ1v) is 8.29. The molecule has 2 aromatic carbocycles.